The molecule has 0 spiro atoms. The predicted molar refractivity (Wildman–Crippen MR) is 102 cm³/mol. The quantitative estimate of drug-likeness (QED) is 0.771. The maximum absolute atomic E-state index is 12.4. The minimum Gasteiger partial charge on any atom is -0.383 e. The van der Waals surface area contributed by atoms with Crippen LogP contribution in [0, 0.1) is 0 Å². The van der Waals surface area contributed by atoms with Gasteiger partial charge in [0.2, 0.25) is 5.91 Å². The summed E-state index contributed by atoms with van der Waals surface area (Å²) in [6.45, 7) is 1.53. The number of rotatable bonds is 7. The van der Waals surface area contributed by atoms with E-state index >= 15 is 0 Å². The predicted octanol–water partition coefficient (Wildman–Crippen LogP) is 4.06. The van der Waals surface area contributed by atoms with Crippen molar-refractivity contribution in [3.63, 3.8) is 0 Å². The normalized spacial score (nSPS) is 16.0. The van der Waals surface area contributed by atoms with Crippen molar-refractivity contribution < 1.29 is 9.53 Å². The number of nitrogens with zero attached hydrogens (tertiary/aromatic N) is 1. The molecule has 1 aliphatic carbocycles. The Bertz CT molecular complexity index is 684. The molecule has 4 heteroatoms. The molecule has 0 unspecified atom stereocenters. The molecule has 1 amide bonds. The van der Waals surface area contributed by atoms with Crippen LogP contribution in [0.25, 0.3) is 10.9 Å². The lowest BCUT2D eigenvalue weighted by Gasteiger charge is -2.16. The maximum Gasteiger partial charge on any atom is 0.220 e. The van der Waals surface area contributed by atoms with Crippen LogP contribution in [0.2, 0.25) is 0 Å². The first-order valence-corrected chi connectivity index (χ1v) is 9.63. The standard InChI is InChI=1S/C21H30N2O2/c1-25-15-14-23-16-17(19-10-6-7-11-20(19)23)12-13-21(24)22-18-8-4-2-3-5-9-18/h6-7,10-11,16,18H,2-5,8-9,12-15H2,1H3,(H,22,24). The zero-order valence-corrected chi connectivity index (χ0v) is 15.3. The molecule has 1 heterocycles. The molecule has 1 aliphatic rings. The lowest BCUT2D eigenvalue weighted by atomic mass is 10.1. The average Bonchev–Trinajstić information content (AvgIpc) is 2.78. The van der Waals surface area contributed by atoms with Crippen molar-refractivity contribution in [1.82, 2.24) is 9.88 Å². The van der Waals surface area contributed by atoms with Crippen molar-refractivity contribution in [3.05, 3.63) is 36.0 Å². The lowest BCUT2D eigenvalue weighted by Crippen LogP contribution is -2.34. The van der Waals surface area contributed by atoms with Crippen LogP contribution in [0.3, 0.4) is 0 Å². The van der Waals surface area contributed by atoms with E-state index in [0.29, 0.717) is 19.1 Å². The van der Waals surface area contributed by atoms with Gasteiger partial charge in [-0.3, -0.25) is 4.79 Å². The summed E-state index contributed by atoms with van der Waals surface area (Å²) in [7, 11) is 1.73. The molecule has 1 aromatic heterocycles. The number of amides is 1. The summed E-state index contributed by atoms with van der Waals surface area (Å²) in [5.74, 6) is 0.195. The minimum absolute atomic E-state index is 0.195. The van der Waals surface area contributed by atoms with Gasteiger partial charge >= 0.3 is 0 Å². The van der Waals surface area contributed by atoms with Gasteiger partial charge in [0.15, 0.2) is 0 Å². The fraction of sp³-hybridized carbons (Fsp3) is 0.571. The van der Waals surface area contributed by atoms with Gasteiger partial charge in [0.05, 0.1) is 6.61 Å². The summed E-state index contributed by atoms with van der Waals surface area (Å²) in [5.41, 5.74) is 2.47. The van der Waals surface area contributed by atoms with Gasteiger partial charge in [-0.05, 0) is 30.9 Å². The highest BCUT2D eigenvalue weighted by Gasteiger charge is 2.15. The van der Waals surface area contributed by atoms with E-state index in [2.05, 4.69) is 40.3 Å². The fourth-order valence-electron chi connectivity index (χ4n) is 3.87. The first-order valence-electron chi connectivity index (χ1n) is 9.63. The molecular formula is C21H30N2O2. The fourth-order valence-corrected chi connectivity index (χ4v) is 3.87. The lowest BCUT2D eigenvalue weighted by molar-refractivity contribution is -0.121. The molecule has 3 rings (SSSR count). The highest BCUT2D eigenvalue weighted by Crippen LogP contribution is 2.23. The third kappa shape index (κ3) is 4.85. The van der Waals surface area contributed by atoms with E-state index in [1.165, 1.54) is 42.1 Å². The van der Waals surface area contributed by atoms with Crippen LogP contribution in [0.15, 0.2) is 30.5 Å². The van der Waals surface area contributed by atoms with Gasteiger partial charge in [0.1, 0.15) is 0 Å². The smallest absolute Gasteiger partial charge is 0.220 e. The first-order chi connectivity index (χ1) is 12.3. The van der Waals surface area contributed by atoms with Crippen LogP contribution < -0.4 is 5.32 Å². The second kappa shape index (κ2) is 9.04. The van der Waals surface area contributed by atoms with Gasteiger partial charge in [0.25, 0.3) is 0 Å². The number of aryl methyl sites for hydroxylation is 1. The van der Waals surface area contributed by atoms with Crippen molar-refractivity contribution >= 4 is 16.8 Å². The van der Waals surface area contributed by atoms with Crippen molar-refractivity contribution in [2.24, 2.45) is 0 Å². The van der Waals surface area contributed by atoms with Gasteiger partial charge in [-0.2, -0.15) is 0 Å². The van der Waals surface area contributed by atoms with Crippen LogP contribution >= 0.6 is 0 Å². The van der Waals surface area contributed by atoms with Crippen molar-refractivity contribution in [3.8, 4) is 0 Å². The number of para-hydroxylation sites is 1. The summed E-state index contributed by atoms with van der Waals surface area (Å²) in [6.07, 6.45) is 10.9. The number of nitrogens with one attached hydrogen (secondary N) is 1. The summed E-state index contributed by atoms with van der Waals surface area (Å²) in [6, 6.07) is 8.81. The highest BCUT2D eigenvalue weighted by atomic mass is 16.5. The molecule has 0 saturated heterocycles. The minimum atomic E-state index is 0.195. The molecule has 0 radical (unpaired) electrons. The second-order valence-electron chi connectivity index (χ2n) is 7.11. The van der Waals surface area contributed by atoms with Gasteiger partial charge in [-0.15, -0.1) is 0 Å². The molecule has 0 bridgehead atoms. The van der Waals surface area contributed by atoms with Crippen molar-refractivity contribution in [2.45, 2.75) is 64.0 Å². The Hall–Kier alpha value is -1.81. The van der Waals surface area contributed by atoms with Crippen LogP contribution in [-0.2, 0) is 22.5 Å². The van der Waals surface area contributed by atoms with Crippen LogP contribution in [0.1, 0.15) is 50.5 Å². The molecule has 1 saturated carbocycles. The van der Waals surface area contributed by atoms with E-state index in [9.17, 15) is 4.79 Å². The van der Waals surface area contributed by atoms with Crippen molar-refractivity contribution in [1.29, 1.82) is 0 Å². The Balaban J connectivity index is 1.61. The number of aromatic nitrogens is 1. The molecule has 1 aromatic carbocycles. The summed E-state index contributed by atoms with van der Waals surface area (Å²) < 4.78 is 7.45. The van der Waals surface area contributed by atoms with E-state index in [-0.39, 0.29) is 5.91 Å². The zero-order chi connectivity index (χ0) is 17.5. The van der Waals surface area contributed by atoms with Gasteiger partial charge in [-0.25, -0.2) is 0 Å². The topological polar surface area (TPSA) is 43.3 Å². The third-order valence-corrected chi connectivity index (χ3v) is 5.25. The Morgan fingerprint density at radius 1 is 1.20 bits per heavy atom. The molecule has 0 aliphatic heterocycles. The molecule has 1 N–H and O–H groups in total. The van der Waals surface area contributed by atoms with E-state index in [4.69, 9.17) is 4.74 Å². The number of ether oxygens (including phenoxy) is 1. The molecule has 4 nitrogen and oxygen atoms in total. The Morgan fingerprint density at radius 2 is 1.96 bits per heavy atom. The second-order valence-corrected chi connectivity index (χ2v) is 7.11. The number of benzene rings is 1. The Kier molecular flexibility index (Phi) is 6.51. The molecule has 136 valence electrons. The number of fused-ring (bicyclic) bond motifs is 1. The summed E-state index contributed by atoms with van der Waals surface area (Å²) >= 11 is 0. The van der Waals surface area contributed by atoms with Crippen LogP contribution in [0.4, 0.5) is 0 Å². The zero-order valence-electron chi connectivity index (χ0n) is 15.3. The highest BCUT2D eigenvalue weighted by molar-refractivity contribution is 5.85. The largest absolute Gasteiger partial charge is 0.383 e. The molecule has 2 aromatic rings. The van der Waals surface area contributed by atoms with E-state index < -0.39 is 0 Å². The monoisotopic (exact) mass is 342 g/mol. The average molecular weight is 342 g/mol. The Labute approximate surface area is 150 Å². The number of carbonyl (C=O) groups is 1. The van der Waals surface area contributed by atoms with Gasteiger partial charge in [0, 0.05) is 43.2 Å². The maximum atomic E-state index is 12.4. The number of methoxy groups -OCH3 is 1. The summed E-state index contributed by atoms with van der Waals surface area (Å²) in [5, 5.41) is 4.50. The third-order valence-electron chi connectivity index (χ3n) is 5.25. The Morgan fingerprint density at radius 3 is 2.72 bits per heavy atom. The first kappa shape index (κ1) is 18.0. The molecule has 0 atom stereocenters. The van der Waals surface area contributed by atoms with E-state index in [0.717, 1.165) is 25.8 Å². The van der Waals surface area contributed by atoms with E-state index in [1.807, 2.05) is 0 Å². The van der Waals surface area contributed by atoms with Gasteiger partial charge < -0.3 is 14.6 Å². The van der Waals surface area contributed by atoms with Crippen LogP contribution in [0.5, 0.6) is 0 Å². The molecular weight excluding hydrogens is 312 g/mol. The van der Waals surface area contributed by atoms with Crippen LogP contribution in [-0.4, -0.2) is 30.2 Å². The molecule has 25 heavy (non-hydrogen) atoms. The van der Waals surface area contributed by atoms with Gasteiger partial charge in [-0.1, -0.05) is 43.9 Å². The molecule has 1 fully saturated rings. The summed E-state index contributed by atoms with van der Waals surface area (Å²) in [4.78, 5) is 12.4. The SMILES string of the molecule is COCCn1cc(CCC(=O)NC2CCCCCC2)c2ccccc21. The number of carbonyl (C=O) groups excluding carboxylic acids is 1. The number of hydrogen-bond donors (Lipinski definition) is 1. The number of hydrogen-bond acceptors (Lipinski definition) is 2. The van der Waals surface area contributed by atoms with E-state index in [1.54, 1.807) is 7.11 Å². The van der Waals surface area contributed by atoms with Crippen molar-refractivity contribution in [2.75, 3.05) is 13.7 Å².